The maximum Gasteiger partial charge on any atom is 0.324 e. The van der Waals surface area contributed by atoms with Crippen molar-refractivity contribution in [2.24, 2.45) is 0 Å². The first kappa shape index (κ1) is 40.2. The lowest BCUT2D eigenvalue weighted by molar-refractivity contribution is -0.0484. The number of ether oxygens (including phenoxy) is 2. The van der Waals surface area contributed by atoms with Gasteiger partial charge in [0, 0.05) is 12.8 Å². The Morgan fingerprint density at radius 3 is 1.74 bits per heavy atom. The van der Waals surface area contributed by atoms with E-state index in [1.54, 1.807) is 17.2 Å². The summed E-state index contributed by atoms with van der Waals surface area (Å²) in [7, 11) is -4.44. The summed E-state index contributed by atoms with van der Waals surface area (Å²) in [6.45, 7) is 18.1. The first-order chi connectivity index (χ1) is 24.6. The Morgan fingerprint density at radius 1 is 0.774 bits per heavy atom. The SMILES string of the molecule is CC(C)(C)[Si](C)(C)OCC1OC(n2cnc3c(N)ncnc32)CC1OP(O)(=S)OCC1OC(n2cnc3c(N)ncnc32)CC1O[Si](C)(C)C(C)(C)C. The largest absolute Gasteiger partial charge is 0.414 e. The summed E-state index contributed by atoms with van der Waals surface area (Å²) < 4.78 is 42.5. The van der Waals surface area contributed by atoms with Crippen LogP contribution in [-0.2, 0) is 39.2 Å². The predicted octanol–water partition coefficient (Wildman–Crippen LogP) is 5.44. The van der Waals surface area contributed by atoms with E-state index in [0.717, 1.165) is 0 Å². The zero-order valence-electron chi connectivity index (χ0n) is 32.1. The van der Waals surface area contributed by atoms with Crippen molar-refractivity contribution in [1.82, 2.24) is 39.0 Å². The molecule has 6 heterocycles. The minimum atomic E-state index is -3.87. The molecule has 0 aliphatic carbocycles. The summed E-state index contributed by atoms with van der Waals surface area (Å²) in [5, 5.41) is -0.0937. The van der Waals surface area contributed by atoms with Crippen LogP contribution < -0.4 is 11.5 Å². The Kier molecular flexibility index (Phi) is 11.0. The Morgan fingerprint density at radius 2 is 1.25 bits per heavy atom. The van der Waals surface area contributed by atoms with Gasteiger partial charge in [-0.3, -0.25) is 9.13 Å². The third-order valence-corrected chi connectivity index (χ3v) is 21.7. The molecule has 4 aromatic rings. The first-order valence-corrected chi connectivity index (χ1v) is 26.1. The van der Waals surface area contributed by atoms with E-state index in [0.29, 0.717) is 35.2 Å². The number of nitrogens with two attached hydrogens (primary N) is 2. The van der Waals surface area contributed by atoms with Crippen molar-refractivity contribution in [2.75, 3.05) is 24.7 Å². The number of imidazole rings is 2. The van der Waals surface area contributed by atoms with Crippen molar-refractivity contribution in [1.29, 1.82) is 0 Å². The number of aromatic nitrogens is 8. The summed E-state index contributed by atoms with van der Waals surface area (Å²) in [6, 6.07) is 0. The molecule has 2 aliphatic heterocycles. The maximum atomic E-state index is 11.6. The van der Waals surface area contributed by atoms with Crippen molar-refractivity contribution >= 4 is 69.1 Å². The molecule has 7 unspecified atom stereocenters. The fourth-order valence-electron chi connectivity index (χ4n) is 5.87. The number of hydrogen-bond donors (Lipinski definition) is 3. The van der Waals surface area contributed by atoms with Crippen molar-refractivity contribution in [3.8, 4) is 0 Å². The second kappa shape index (κ2) is 14.5. The Hall–Kier alpha value is -2.50. The zero-order chi connectivity index (χ0) is 38.7. The number of anilines is 2. The molecule has 2 fully saturated rings. The lowest BCUT2D eigenvalue weighted by Gasteiger charge is -2.39. The number of nitrogen functional groups attached to an aromatic ring is 2. The number of fused-ring (bicyclic) bond motifs is 2. The van der Waals surface area contributed by atoms with Crippen LogP contribution in [0.4, 0.5) is 11.6 Å². The highest BCUT2D eigenvalue weighted by molar-refractivity contribution is 8.07. The van der Waals surface area contributed by atoms with Gasteiger partial charge in [-0.1, -0.05) is 41.5 Å². The number of nitrogens with zero attached hydrogens (tertiary/aromatic N) is 8. The second-order valence-electron chi connectivity index (χ2n) is 16.8. The van der Waals surface area contributed by atoms with Crippen LogP contribution in [0, 0.1) is 0 Å². The van der Waals surface area contributed by atoms with Gasteiger partial charge in [-0.25, -0.2) is 29.9 Å². The van der Waals surface area contributed by atoms with Crippen LogP contribution in [0.15, 0.2) is 25.3 Å². The molecular formula is C32H53N10O7PSSi2. The van der Waals surface area contributed by atoms with Gasteiger partial charge in [0.25, 0.3) is 0 Å². The van der Waals surface area contributed by atoms with Crippen LogP contribution in [0.5, 0.6) is 0 Å². The van der Waals surface area contributed by atoms with Gasteiger partial charge in [-0.15, -0.1) is 0 Å². The monoisotopic (exact) mass is 808 g/mol. The lowest BCUT2D eigenvalue weighted by Crippen LogP contribution is -2.46. The van der Waals surface area contributed by atoms with Crippen LogP contribution in [0.3, 0.4) is 0 Å². The van der Waals surface area contributed by atoms with Crippen molar-refractivity contribution in [3.63, 3.8) is 0 Å². The summed E-state index contributed by atoms with van der Waals surface area (Å²) in [5.74, 6) is 0.547. The third-order valence-electron chi connectivity index (χ3n) is 11.1. The molecule has 0 saturated carbocycles. The minimum absolute atomic E-state index is 0.0318. The van der Waals surface area contributed by atoms with Gasteiger partial charge in [0.15, 0.2) is 39.6 Å². The second-order valence-corrected chi connectivity index (χ2v) is 29.1. The van der Waals surface area contributed by atoms with E-state index in [2.05, 4.69) is 97.6 Å². The van der Waals surface area contributed by atoms with E-state index in [1.807, 2.05) is 4.57 Å². The average molecular weight is 809 g/mol. The molecule has 2 aliphatic rings. The summed E-state index contributed by atoms with van der Waals surface area (Å²) in [4.78, 5) is 37.3. The highest BCUT2D eigenvalue weighted by Gasteiger charge is 2.47. The van der Waals surface area contributed by atoms with E-state index < -0.39 is 54.1 Å². The van der Waals surface area contributed by atoms with E-state index in [1.165, 1.54) is 12.7 Å². The van der Waals surface area contributed by atoms with Crippen LogP contribution in [-0.4, -0.2) is 98.2 Å². The van der Waals surface area contributed by atoms with Gasteiger partial charge in [0.1, 0.15) is 48.4 Å². The number of hydrogen-bond acceptors (Lipinski definition) is 15. The molecule has 0 spiro atoms. The van der Waals surface area contributed by atoms with E-state index in [4.69, 9.17) is 50.6 Å². The van der Waals surface area contributed by atoms with Gasteiger partial charge < -0.3 is 43.7 Å². The normalized spacial score (nSPS) is 25.8. The van der Waals surface area contributed by atoms with Gasteiger partial charge in [-0.2, -0.15) is 0 Å². The maximum absolute atomic E-state index is 11.6. The zero-order valence-corrected chi connectivity index (χ0v) is 35.8. The molecule has 21 heteroatoms. The molecule has 17 nitrogen and oxygen atoms in total. The Labute approximate surface area is 317 Å². The first-order valence-electron chi connectivity index (χ1n) is 17.7. The van der Waals surface area contributed by atoms with E-state index >= 15 is 0 Å². The molecule has 4 aromatic heterocycles. The molecule has 0 aromatic carbocycles. The molecule has 0 amide bonds. The summed E-state index contributed by atoms with van der Waals surface area (Å²) >= 11 is 5.66. The molecule has 292 valence electrons. The number of rotatable bonds is 12. The Bertz CT molecular complexity index is 1990. The summed E-state index contributed by atoms with van der Waals surface area (Å²) in [6.07, 6.45) is 3.60. The molecular weight excluding hydrogens is 756 g/mol. The quantitative estimate of drug-likeness (QED) is 0.120. The van der Waals surface area contributed by atoms with E-state index in [-0.39, 0.29) is 41.0 Å². The van der Waals surface area contributed by atoms with Crippen molar-refractivity contribution in [2.45, 2.75) is 128 Å². The minimum Gasteiger partial charge on any atom is -0.414 e. The highest BCUT2D eigenvalue weighted by Crippen LogP contribution is 2.51. The van der Waals surface area contributed by atoms with Crippen molar-refractivity contribution in [3.05, 3.63) is 25.3 Å². The fourth-order valence-corrected chi connectivity index (χ4v) is 9.72. The molecule has 7 atom stereocenters. The van der Waals surface area contributed by atoms with Crippen LogP contribution >= 0.6 is 6.72 Å². The molecule has 0 bridgehead atoms. The predicted molar refractivity (Wildman–Crippen MR) is 209 cm³/mol. The van der Waals surface area contributed by atoms with Crippen LogP contribution in [0.2, 0.25) is 36.3 Å². The van der Waals surface area contributed by atoms with Crippen molar-refractivity contribution < 1.29 is 32.3 Å². The van der Waals surface area contributed by atoms with Gasteiger partial charge in [0.05, 0.1) is 38.1 Å². The highest BCUT2D eigenvalue weighted by atomic mass is 32.5. The fraction of sp³-hybridized carbons (Fsp3) is 0.688. The molecule has 0 radical (unpaired) electrons. The Balaban J connectivity index is 1.21. The summed E-state index contributed by atoms with van der Waals surface area (Å²) in [5.41, 5.74) is 14.1. The molecule has 5 N–H and O–H groups in total. The standard InChI is InChI=1S/C32H53N10O7PSSi2/c1-31(2,3)52(7,8)45-14-22-19(11-23(47-22)41-17-39-25-27(33)35-15-37-29(25)41)48-50(43,51)44-13-21-20(49-53(9,10)32(4,5)6)12-24(46-21)42-18-40-26-28(34)36-16-38-30(26)42/h15-24H,11-14H2,1-10H3,(H,43,51)(H2,33,35,37)(H2,34,36,38). The van der Waals surface area contributed by atoms with Crippen LogP contribution in [0.1, 0.15) is 66.8 Å². The molecule has 53 heavy (non-hydrogen) atoms. The van der Waals surface area contributed by atoms with Gasteiger partial charge >= 0.3 is 6.72 Å². The topological polar surface area (TPSA) is 215 Å². The van der Waals surface area contributed by atoms with E-state index in [9.17, 15) is 4.89 Å². The molecule has 6 rings (SSSR count). The molecule has 2 saturated heterocycles. The lowest BCUT2D eigenvalue weighted by atomic mass is 10.2. The van der Waals surface area contributed by atoms with Gasteiger partial charge in [-0.05, 0) is 48.1 Å². The average Bonchev–Trinajstić information content (AvgIpc) is 3.83. The van der Waals surface area contributed by atoms with Gasteiger partial charge in [0.2, 0.25) is 0 Å². The third kappa shape index (κ3) is 8.37. The smallest absolute Gasteiger partial charge is 0.324 e. The van der Waals surface area contributed by atoms with Crippen LogP contribution in [0.25, 0.3) is 22.3 Å².